The van der Waals surface area contributed by atoms with E-state index in [9.17, 15) is 4.79 Å². The Kier molecular flexibility index (Phi) is 6.45. The predicted octanol–water partition coefficient (Wildman–Crippen LogP) is 5.50. The first-order valence-corrected chi connectivity index (χ1v) is 11.5. The van der Waals surface area contributed by atoms with Gasteiger partial charge in [-0.1, -0.05) is 39.0 Å². The minimum Gasteiger partial charge on any atom is -0.496 e. The number of hydrogen-bond donors (Lipinski definition) is 1. The zero-order valence-electron chi connectivity index (χ0n) is 20.1. The largest absolute Gasteiger partial charge is 0.496 e. The van der Waals surface area contributed by atoms with Gasteiger partial charge in [0, 0.05) is 11.7 Å². The fourth-order valence-corrected chi connectivity index (χ4v) is 5.31. The number of methoxy groups -OCH3 is 2. The highest BCUT2D eigenvalue weighted by molar-refractivity contribution is 5.93. The van der Waals surface area contributed by atoms with Crippen molar-refractivity contribution in [3.8, 4) is 28.3 Å². The second-order valence-electron chi connectivity index (χ2n) is 9.82. The first-order valence-electron chi connectivity index (χ1n) is 11.5. The summed E-state index contributed by atoms with van der Waals surface area (Å²) in [4.78, 5) is 17.4. The number of carbonyl (C=O) groups is 1. The molecule has 1 aromatic heterocycles. The molecule has 1 heterocycles. The van der Waals surface area contributed by atoms with Crippen molar-refractivity contribution in [3.63, 3.8) is 0 Å². The molecule has 1 saturated carbocycles. The molecule has 0 aliphatic heterocycles. The molecule has 2 atom stereocenters. The van der Waals surface area contributed by atoms with E-state index in [0.717, 1.165) is 41.2 Å². The Bertz CT molecular complexity index is 1100. The van der Waals surface area contributed by atoms with Crippen molar-refractivity contribution < 1.29 is 14.3 Å². The second-order valence-corrected chi connectivity index (χ2v) is 9.82. The van der Waals surface area contributed by atoms with E-state index in [4.69, 9.17) is 9.47 Å². The number of ether oxygens (including phenoxy) is 2. The third-order valence-electron chi connectivity index (χ3n) is 6.46. The maximum Gasteiger partial charge on any atom is 0.270 e. The van der Waals surface area contributed by atoms with E-state index in [1.54, 1.807) is 26.7 Å². The predicted molar refractivity (Wildman–Crippen MR) is 130 cm³/mol. The number of imidazole rings is 1. The summed E-state index contributed by atoms with van der Waals surface area (Å²) in [6.07, 6.45) is 6.51. The molecule has 0 radical (unpaired) electrons. The minimum atomic E-state index is -0.0853. The molecule has 1 aliphatic carbocycles. The lowest BCUT2D eigenvalue weighted by atomic mass is 9.70. The average molecular weight is 448 g/mol. The summed E-state index contributed by atoms with van der Waals surface area (Å²) < 4.78 is 12.9. The minimum absolute atomic E-state index is 0.0853. The molecule has 0 bridgehead atoms. The number of nitrogens with zero attached hydrogens (tertiary/aromatic N) is 2. The van der Waals surface area contributed by atoms with E-state index >= 15 is 0 Å². The summed E-state index contributed by atoms with van der Waals surface area (Å²) in [5.74, 6) is 2.00. The molecule has 0 unspecified atom stereocenters. The van der Waals surface area contributed by atoms with E-state index in [1.165, 1.54) is 6.42 Å². The van der Waals surface area contributed by atoms with Crippen LogP contribution >= 0.6 is 0 Å². The molecule has 6 nitrogen and oxygen atoms in total. The van der Waals surface area contributed by atoms with E-state index in [1.807, 2.05) is 47.0 Å². The van der Waals surface area contributed by atoms with E-state index in [2.05, 4.69) is 31.1 Å². The maximum absolute atomic E-state index is 13.1. The first kappa shape index (κ1) is 22.9. The quantitative estimate of drug-likeness (QED) is 0.542. The number of hydrogen-bond acceptors (Lipinski definition) is 4. The van der Waals surface area contributed by atoms with Gasteiger partial charge in [0.1, 0.15) is 17.2 Å². The molecule has 33 heavy (non-hydrogen) atoms. The Labute approximate surface area is 195 Å². The van der Waals surface area contributed by atoms with Gasteiger partial charge in [-0.05, 0) is 60.4 Å². The monoisotopic (exact) mass is 447 g/mol. The summed E-state index contributed by atoms with van der Waals surface area (Å²) in [6, 6.07) is 13.9. The van der Waals surface area contributed by atoms with Gasteiger partial charge in [0.05, 0.1) is 32.3 Å². The third-order valence-corrected chi connectivity index (χ3v) is 6.46. The van der Waals surface area contributed by atoms with Crippen molar-refractivity contribution in [2.75, 3.05) is 14.2 Å². The number of amides is 1. The van der Waals surface area contributed by atoms with Crippen molar-refractivity contribution in [3.05, 3.63) is 60.7 Å². The normalized spacial score (nSPS) is 19.7. The van der Waals surface area contributed by atoms with Crippen LogP contribution in [-0.4, -0.2) is 35.7 Å². The Morgan fingerprint density at radius 1 is 1.06 bits per heavy atom. The zero-order chi connectivity index (χ0) is 23.6. The fourth-order valence-electron chi connectivity index (χ4n) is 5.31. The Morgan fingerprint density at radius 2 is 1.73 bits per heavy atom. The van der Waals surface area contributed by atoms with Gasteiger partial charge in [-0.25, -0.2) is 4.98 Å². The third kappa shape index (κ3) is 4.90. The van der Waals surface area contributed by atoms with Crippen molar-refractivity contribution in [2.24, 2.45) is 11.3 Å². The van der Waals surface area contributed by atoms with Crippen LogP contribution in [0.3, 0.4) is 0 Å². The van der Waals surface area contributed by atoms with Crippen molar-refractivity contribution in [2.45, 2.75) is 46.1 Å². The molecule has 1 N–H and O–H groups in total. The molecule has 3 aromatic rings. The van der Waals surface area contributed by atoms with Gasteiger partial charge in [-0.3, -0.25) is 9.36 Å². The van der Waals surface area contributed by atoms with Gasteiger partial charge in [-0.2, -0.15) is 0 Å². The van der Waals surface area contributed by atoms with Crippen LogP contribution in [0.25, 0.3) is 16.8 Å². The van der Waals surface area contributed by atoms with E-state index in [-0.39, 0.29) is 17.4 Å². The molecule has 0 spiro atoms. The van der Waals surface area contributed by atoms with Crippen molar-refractivity contribution in [1.29, 1.82) is 0 Å². The summed E-state index contributed by atoms with van der Waals surface area (Å²) >= 11 is 0. The van der Waals surface area contributed by atoms with Crippen LogP contribution in [0.4, 0.5) is 0 Å². The topological polar surface area (TPSA) is 65.4 Å². The summed E-state index contributed by atoms with van der Waals surface area (Å²) in [7, 11) is 3.30. The maximum atomic E-state index is 13.1. The SMILES string of the molecule is COc1cccc(OC)c1-c1ccc(-n2cncc2C(=O)N[C@@H]2C[C@H](C)CC(C)(C)C2)cc1. The lowest BCUT2D eigenvalue weighted by molar-refractivity contribution is 0.0867. The van der Waals surface area contributed by atoms with Gasteiger partial charge < -0.3 is 14.8 Å². The molecular weight excluding hydrogens is 414 g/mol. The van der Waals surface area contributed by atoms with Gasteiger partial charge >= 0.3 is 0 Å². The Morgan fingerprint density at radius 3 is 2.33 bits per heavy atom. The highest BCUT2D eigenvalue weighted by Gasteiger charge is 2.33. The number of nitrogens with one attached hydrogen (secondary N) is 1. The summed E-state index contributed by atoms with van der Waals surface area (Å²) in [6.45, 7) is 6.83. The number of benzene rings is 2. The molecular formula is C27H33N3O3. The van der Waals surface area contributed by atoms with Crippen LogP contribution in [0.1, 0.15) is 50.5 Å². The molecule has 1 amide bonds. The second kappa shape index (κ2) is 9.30. The smallest absolute Gasteiger partial charge is 0.270 e. The van der Waals surface area contributed by atoms with Gasteiger partial charge in [0.2, 0.25) is 0 Å². The van der Waals surface area contributed by atoms with Crippen molar-refractivity contribution in [1.82, 2.24) is 14.9 Å². The Balaban J connectivity index is 1.57. The lowest BCUT2D eigenvalue weighted by Crippen LogP contribution is -2.43. The molecule has 0 saturated heterocycles. The van der Waals surface area contributed by atoms with Crippen molar-refractivity contribution >= 4 is 5.91 Å². The van der Waals surface area contributed by atoms with Gasteiger partial charge in [-0.15, -0.1) is 0 Å². The van der Waals surface area contributed by atoms with Gasteiger partial charge in [0.15, 0.2) is 0 Å². The number of aromatic nitrogens is 2. The summed E-state index contributed by atoms with van der Waals surface area (Å²) in [5.41, 5.74) is 3.51. The lowest BCUT2D eigenvalue weighted by Gasteiger charge is -2.39. The molecule has 4 rings (SSSR count). The van der Waals surface area contributed by atoms with Crippen LogP contribution < -0.4 is 14.8 Å². The molecule has 2 aromatic carbocycles. The van der Waals surface area contributed by atoms with E-state index < -0.39 is 0 Å². The number of carbonyl (C=O) groups excluding carboxylic acids is 1. The Hall–Kier alpha value is -3.28. The van der Waals surface area contributed by atoms with Crippen LogP contribution in [0.5, 0.6) is 11.5 Å². The highest BCUT2D eigenvalue weighted by atomic mass is 16.5. The zero-order valence-corrected chi connectivity index (χ0v) is 20.1. The standard InChI is InChI=1S/C27H33N3O3/c1-18-13-20(15-27(2,3)14-18)29-26(31)22-16-28-17-30(22)21-11-9-19(10-12-21)25-23(32-4)7-6-8-24(25)33-5/h6-12,16-18,20H,13-15H2,1-5H3,(H,29,31)/t18-,20+/m0/s1. The first-order chi connectivity index (χ1) is 15.8. The van der Waals surface area contributed by atoms with E-state index in [0.29, 0.717) is 11.6 Å². The average Bonchev–Trinajstić information content (AvgIpc) is 3.27. The van der Waals surface area contributed by atoms with Crippen LogP contribution in [0, 0.1) is 11.3 Å². The molecule has 1 fully saturated rings. The number of rotatable bonds is 6. The summed E-state index contributed by atoms with van der Waals surface area (Å²) in [5, 5.41) is 3.25. The fraction of sp³-hybridized carbons (Fsp3) is 0.407. The van der Waals surface area contributed by atoms with Crippen LogP contribution in [-0.2, 0) is 0 Å². The van der Waals surface area contributed by atoms with Crippen LogP contribution in [0.2, 0.25) is 0 Å². The molecule has 1 aliphatic rings. The molecule has 174 valence electrons. The highest BCUT2D eigenvalue weighted by Crippen LogP contribution is 2.39. The molecule has 6 heteroatoms. The van der Waals surface area contributed by atoms with Gasteiger partial charge in [0.25, 0.3) is 5.91 Å². The van der Waals surface area contributed by atoms with Crippen LogP contribution in [0.15, 0.2) is 55.0 Å².